The van der Waals surface area contributed by atoms with E-state index in [9.17, 15) is 9.59 Å². The van der Waals surface area contributed by atoms with Crippen LogP contribution in [-0.4, -0.2) is 33.0 Å². The first-order valence-corrected chi connectivity index (χ1v) is 10.9. The van der Waals surface area contributed by atoms with Crippen molar-refractivity contribution in [3.05, 3.63) is 87.7 Å². The van der Waals surface area contributed by atoms with E-state index in [0.717, 1.165) is 46.7 Å². The molecule has 0 saturated carbocycles. The molecule has 5 rings (SSSR count). The lowest BCUT2D eigenvalue weighted by atomic mass is 9.93. The maximum atomic E-state index is 12.8. The van der Waals surface area contributed by atoms with Gasteiger partial charge in [-0.2, -0.15) is 5.10 Å². The summed E-state index contributed by atoms with van der Waals surface area (Å²) in [6.07, 6.45) is 4.62. The second kappa shape index (κ2) is 8.19. The summed E-state index contributed by atoms with van der Waals surface area (Å²) in [5.41, 5.74) is 4.88. The molecule has 31 heavy (non-hydrogen) atoms. The summed E-state index contributed by atoms with van der Waals surface area (Å²) in [5.74, 6) is -0.222. The average molecular weight is 435 g/mol. The van der Waals surface area contributed by atoms with Gasteiger partial charge in [-0.15, -0.1) is 0 Å². The van der Waals surface area contributed by atoms with Crippen molar-refractivity contribution >= 4 is 23.4 Å². The van der Waals surface area contributed by atoms with Gasteiger partial charge in [0.2, 0.25) is 5.91 Å². The number of halogens is 1. The average Bonchev–Trinajstić information content (AvgIpc) is 3.32. The highest BCUT2D eigenvalue weighted by Gasteiger charge is 2.30. The van der Waals surface area contributed by atoms with Crippen LogP contribution in [0.25, 0.3) is 0 Å². The van der Waals surface area contributed by atoms with Crippen LogP contribution in [0.4, 0.5) is 0 Å². The number of nitrogens with zero attached hydrogens (tertiary/aromatic N) is 3. The van der Waals surface area contributed by atoms with Crippen LogP contribution < -0.4 is 5.32 Å². The number of fused-ring (bicyclic) bond motifs is 2. The zero-order chi connectivity index (χ0) is 21.4. The molecule has 1 N–H and O–H groups in total. The van der Waals surface area contributed by atoms with E-state index in [-0.39, 0.29) is 24.4 Å². The molecule has 1 aromatic heterocycles. The Bertz CT molecular complexity index is 1160. The van der Waals surface area contributed by atoms with Gasteiger partial charge in [0.05, 0.1) is 18.8 Å². The van der Waals surface area contributed by atoms with Crippen LogP contribution in [0.15, 0.2) is 54.7 Å². The standard InChI is InChI=1S/C24H23ClN4O2/c25-20-9-4-2-7-17(20)14-29-22-11-5-10-21(19(22)12-26-29)27-23(30)15-28-13-16-6-1-3-8-18(16)24(28)31/h1-4,6-9,12,21H,5,10-11,13-15H2,(H,27,30)/t21-/m0/s1. The Kier molecular flexibility index (Phi) is 5.24. The van der Waals surface area contributed by atoms with Gasteiger partial charge in [0.25, 0.3) is 5.91 Å². The molecule has 1 aliphatic carbocycles. The van der Waals surface area contributed by atoms with Gasteiger partial charge in [-0.25, -0.2) is 0 Å². The third-order valence-corrected chi connectivity index (χ3v) is 6.48. The van der Waals surface area contributed by atoms with E-state index in [0.29, 0.717) is 18.7 Å². The molecule has 1 atom stereocenters. The zero-order valence-electron chi connectivity index (χ0n) is 17.1. The molecule has 2 amide bonds. The van der Waals surface area contributed by atoms with Crippen molar-refractivity contribution in [2.75, 3.05) is 6.54 Å². The first kappa shape index (κ1) is 19.8. The smallest absolute Gasteiger partial charge is 0.254 e. The molecule has 1 aliphatic heterocycles. The zero-order valence-corrected chi connectivity index (χ0v) is 17.8. The molecular formula is C24H23ClN4O2. The number of benzene rings is 2. The van der Waals surface area contributed by atoms with Crippen LogP contribution in [-0.2, 0) is 24.3 Å². The summed E-state index contributed by atoms with van der Waals surface area (Å²) >= 11 is 6.32. The van der Waals surface area contributed by atoms with Crippen molar-refractivity contribution in [3.63, 3.8) is 0 Å². The van der Waals surface area contributed by atoms with Gasteiger partial charge >= 0.3 is 0 Å². The molecule has 0 bridgehead atoms. The van der Waals surface area contributed by atoms with Crippen LogP contribution in [0.3, 0.4) is 0 Å². The molecule has 0 fully saturated rings. The molecular weight excluding hydrogens is 412 g/mol. The van der Waals surface area contributed by atoms with E-state index < -0.39 is 0 Å². The summed E-state index contributed by atoms with van der Waals surface area (Å²) < 4.78 is 1.98. The minimum Gasteiger partial charge on any atom is -0.348 e. The Morgan fingerprint density at radius 2 is 1.97 bits per heavy atom. The van der Waals surface area contributed by atoms with Gasteiger partial charge < -0.3 is 10.2 Å². The molecule has 0 saturated heterocycles. The summed E-state index contributed by atoms with van der Waals surface area (Å²) in [6.45, 7) is 1.15. The lowest BCUT2D eigenvalue weighted by Crippen LogP contribution is -2.39. The van der Waals surface area contributed by atoms with Crippen LogP contribution in [0.1, 0.15) is 51.6 Å². The normalized spacial score (nSPS) is 17.4. The van der Waals surface area contributed by atoms with Crippen molar-refractivity contribution in [2.45, 2.75) is 38.4 Å². The van der Waals surface area contributed by atoms with Gasteiger partial charge in [0.15, 0.2) is 0 Å². The predicted molar refractivity (Wildman–Crippen MR) is 118 cm³/mol. The molecule has 0 radical (unpaired) electrons. The SMILES string of the molecule is O=C(CN1Cc2ccccc2C1=O)N[C@H]1CCCc2c1cnn2Cc1ccccc1Cl. The number of aromatic nitrogens is 2. The molecule has 0 unspecified atom stereocenters. The highest BCUT2D eigenvalue weighted by molar-refractivity contribution is 6.31. The lowest BCUT2D eigenvalue weighted by Gasteiger charge is -2.25. The highest BCUT2D eigenvalue weighted by Crippen LogP contribution is 2.31. The van der Waals surface area contributed by atoms with Crippen molar-refractivity contribution in [3.8, 4) is 0 Å². The quantitative estimate of drug-likeness (QED) is 0.665. The summed E-state index contributed by atoms with van der Waals surface area (Å²) in [4.78, 5) is 26.9. The first-order valence-electron chi connectivity index (χ1n) is 10.5. The second-order valence-corrected chi connectivity index (χ2v) is 8.53. The Hall–Kier alpha value is -3.12. The minimum absolute atomic E-state index is 0.0626. The van der Waals surface area contributed by atoms with E-state index in [2.05, 4.69) is 10.4 Å². The summed E-state index contributed by atoms with van der Waals surface area (Å²) in [5, 5.41) is 8.43. The van der Waals surface area contributed by atoms with Crippen LogP contribution in [0, 0.1) is 0 Å². The lowest BCUT2D eigenvalue weighted by molar-refractivity contribution is -0.122. The van der Waals surface area contributed by atoms with Gasteiger partial charge in [0.1, 0.15) is 6.54 Å². The van der Waals surface area contributed by atoms with Gasteiger partial charge in [-0.1, -0.05) is 48.0 Å². The molecule has 2 heterocycles. The number of nitrogens with one attached hydrogen (secondary N) is 1. The number of carbonyl (C=O) groups excluding carboxylic acids is 2. The van der Waals surface area contributed by atoms with E-state index in [1.807, 2.05) is 59.4 Å². The Balaban J connectivity index is 1.27. The molecule has 2 aromatic carbocycles. The van der Waals surface area contributed by atoms with Gasteiger partial charge in [-0.3, -0.25) is 14.3 Å². The van der Waals surface area contributed by atoms with Crippen LogP contribution in [0.2, 0.25) is 5.02 Å². The van der Waals surface area contributed by atoms with Crippen LogP contribution in [0.5, 0.6) is 0 Å². The van der Waals surface area contributed by atoms with Crippen molar-refractivity contribution in [1.29, 1.82) is 0 Å². The molecule has 2 aliphatic rings. The molecule has 0 spiro atoms. The third kappa shape index (κ3) is 3.83. The van der Waals surface area contributed by atoms with E-state index in [1.54, 1.807) is 4.90 Å². The molecule has 158 valence electrons. The maximum Gasteiger partial charge on any atom is 0.254 e. The number of carbonyl (C=O) groups is 2. The Morgan fingerprint density at radius 1 is 1.16 bits per heavy atom. The molecule has 6 nitrogen and oxygen atoms in total. The van der Waals surface area contributed by atoms with Crippen molar-refractivity contribution in [2.24, 2.45) is 0 Å². The number of hydrogen-bond donors (Lipinski definition) is 1. The number of hydrogen-bond acceptors (Lipinski definition) is 3. The summed E-state index contributed by atoms with van der Waals surface area (Å²) in [6, 6.07) is 15.2. The van der Waals surface area contributed by atoms with Crippen LogP contribution >= 0.6 is 11.6 Å². The second-order valence-electron chi connectivity index (χ2n) is 8.13. The first-order chi connectivity index (χ1) is 15.1. The van der Waals surface area contributed by atoms with Crippen molar-refractivity contribution < 1.29 is 9.59 Å². The van der Waals surface area contributed by atoms with Gasteiger partial charge in [-0.05, 0) is 42.5 Å². The van der Waals surface area contributed by atoms with Gasteiger partial charge in [0, 0.05) is 28.4 Å². The van der Waals surface area contributed by atoms with E-state index in [4.69, 9.17) is 11.6 Å². The van der Waals surface area contributed by atoms with E-state index >= 15 is 0 Å². The predicted octanol–water partition coefficient (Wildman–Crippen LogP) is 3.73. The summed E-state index contributed by atoms with van der Waals surface area (Å²) in [7, 11) is 0. The monoisotopic (exact) mass is 434 g/mol. The Labute approximate surface area is 185 Å². The fourth-order valence-electron chi connectivity index (χ4n) is 4.55. The molecule has 3 aromatic rings. The topological polar surface area (TPSA) is 67.2 Å². The minimum atomic E-state index is -0.141. The maximum absolute atomic E-state index is 12.8. The number of amides is 2. The van der Waals surface area contributed by atoms with E-state index in [1.165, 1.54) is 0 Å². The van der Waals surface area contributed by atoms with Crippen molar-refractivity contribution in [1.82, 2.24) is 20.0 Å². The fraction of sp³-hybridized carbons (Fsp3) is 0.292. The largest absolute Gasteiger partial charge is 0.348 e. The third-order valence-electron chi connectivity index (χ3n) is 6.11. The highest BCUT2D eigenvalue weighted by atomic mass is 35.5. The fourth-order valence-corrected chi connectivity index (χ4v) is 4.74. The number of rotatable bonds is 5. The molecule has 7 heteroatoms. The Morgan fingerprint density at radius 3 is 2.81 bits per heavy atom.